The number of likely N-dealkylation sites (tertiary alicyclic amines) is 1. The number of piperidine rings is 1. The lowest BCUT2D eigenvalue weighted by Crippen LogP contribution is -2.31. The number of thioether (sulfide) groups is 1. The van der Waals surface area contributed by atoms with Gasteiger partial charge >= 0.3 is 0 Å². The van der Waals surface area contributed by atoms with Gasteiger partial charge in [0.1, 0.15) is 0 Å². The number of hydrogen-bond donors (Lipinski definition) is 0. The Morgan fingerprint density at radius 2 is 1.87 bits per heavy atom. The highest BCUT2D eigenvalue weighted by Gasteiger charge is 2.16. The number of aromatic nitrogens is 1. The van der Waals surface area contributed by atoms with Crippen molar-refractivity contribution in [1.82, 2.24) is 9.88 Å². The lowest BCUT2D eigenvalue weighted by molar-refractivity contribution is 0.174. The van der Waals surface area contributed by atoms with Gasteiger partial charge in [0.2, 0.25) is 6.79 Å². The van der Waals surface area contributed by atoms with E-state index in [4.69, 9.17) is 14.5 Å². The molecule has 3 heterocycles. The van der Waals surface area contributed by atoms with Crippen LogP contribution in [0.1, 0.15) is 24.8 Å². The summed E-state index contributed by atoms with van der Waals surface area (Å²) in [5.74, 6) is 2.73. The van der Waals surface area contributed by atoms with Crippen LogP contribution < -0.4 is 9.47 Å². The molecule has 0 radical (unpaired) electrons. The van der Waals surface area contributed by atoms with E-state index in [0.717, 1.165) is 39.7 Å². The molecule has 0 atom stereocenters. The van der Waals surface area contributed by atoms with Crippen LogP contribution in [-0.4, -0.2) is 42.1 Å². The standard InChI is InChI=1S/C18H22N2O2S/c1-13-9-14-10-16-17(22-12-21-16)11-15(14)19-18(13)23-8-7-20-5-3-2-4-6-20/h9-11H,2-8,12H2,1H3. The third-order valence-corrected chi connectivity index (χ3v) is 5.62. The minimum atomic E-state index is 0.308. The molecule has 2 aliphatic heterocycles. The fraction of sp³-hybridized carbons (Fsp3) is 0.500. The maximum atomic E-state index is 5.46. The SMILES string of the molecule is Cc1cc2cc3c(cc2nc1SCCN1CCCCC1)OCO3. The second kappa shape index (κ2) is 6.57. The third kappa shape index (κ3) is 3.26. The van der Waals surface area contributed by atoms with Gasteiger partial charge in [0.05, 0.1) is 10.5 Å². The second-order valence-electron chi connectivity index (χ2n) is 6.26. The average Bonchev–Trinajstić information content (AvgIpc) is 3.01. The summed E-state index contributed by atoms with van der Waals surface area (Å²) >= 11 is 1.86. The molecule has 4 rings (SSSR count). The van der Waals surface area contributed by atoms with E-state index in [1.54, 1.807) is 0 Å². The average molecular weight is 330 g/mol. The molecule has 2 aliphatic rings. The minimum absolute atomic E-state index is 0.308. The zero-order valence-electron chi connectivity index (χ0n) is 13.5. The van der Waals surface area contributed by atoms with E-state index in [9.17, 15) is 0 Å². The molecule has 0 N–H and O–H groups in total. The Labute approximate surface area is 141 Å². The van der Waals surface area contributed by atoms with Crippen LogP contribution in [0.4, 0.5) is 0 Å². The maximum Gasteiger partial charge on any atom is 0.231 e. The van der Waals surface area contributed by atoms with Crippen LogP contribution in [0.2, 0.25) is 0 Å². The van der Waals surface area contributed by atoms with E-state index in [1.165, 1.54) is 37.9 Å². The summed E-state index contributed by atoms with van der Waals surface area (Å²) in [6.45, 7) is 6.12. The highest BCUT2D eigenvalue weighted by molar-refractivity contribution is 7.99. The Kier molecular flexibility index (Phi) is 4.31. The molecule has 0 aliphatic carbocycles. The molecule has 5 heteroatoms. The van der Waals surface area contributed by atoms with Crippen LogP contribution >= 0.6 is 11.8 Å². The minimum Gasteiger partial charge on any atom is -0.454 e. The molecule has 23 heavy (non-hydrogen) atoms. The largest absolute Gasteiger partial charge is 0.454 e. The smallest absolute Gasteiger partial charge is 0.231 e. The van der Waals surface area contributed by atoms with Gasteiger partial charge in [0.15, 0.2) is 11.5 Å². The van der Waals surface area contributed by atoms with Crippen LogP contribution in [0, 0.1) is 6.92 Å². The van der Waals surface area contributed by atoms with E-state index in [0.29, 0.717) is 6.79 Å². The van der Waals surface area contributed by atoms with Crippen LogP contribution in [0.15, 0.2) is 23.2 Å². The van der Waals surface area contributed by atoms with Gasteiger partial charge in [-0.25, -0.2) is 4.98 Å². The molecule has 1 aromatic carbocycles. The normalized spacial score (nSPS) is 17.8. The number of hydrogen-bond acceptors (Lipinski definition) is 5. The van der Waals surface area contributed by atoms with Gasteiger partial charge in [0, 0.05) is 23.8 Å². The zero-order valence-corrected chi connectivity index (χ0v) is 14.3. The maximum absolute atomic E-state index is 5.46. The van der Waals surface area contributed by atoms with Crippen molar-refractivity contribution in [1.29, 1.82) is 0 Å². The van der Waals surface area contributed by atoms with Gasteiger partial charge in [-0.05, 0) is 50.6 Å². The highest BCUT2D eigenvalue weighted by Crippen LogP contribution is 2.36. The van der Waals surface area contributed by atoms with Crippen molar-refractivity contribution < 1.29 is 9.47 Å². The first kappa shape index (κ1) is 15.1. The fourth-order valence-corrected chi connectivity index (χ4v) is 4.24. The van der Waals surface area contributed by atoms with Gasteiger partial charge in [-0.15, -0.1) is 11.8 Å². The summed E-state index contributed by atoms with van der Waals surface area (Å²) in [7, 11) is 0. The number of aryl methyl sites for hydroxylation is 1. The van der Waals surface area contributed by atoms with Gasteiger partial charge in [0.25, 0.3) is 0 Å². The number of fused-ring (bicyclic) bond motifs is 2. The lowest BCUT2D eigenvalue weighted by Gasteiger charge is -2.26. The van der Waals surface area contributed by atoms with Gasteiger partial charge in [-0.3, -0.25) is 0 Å². The fourth-order valence-electron chi connectivity index (χ4n) is 3.25. The van der Waals surface area contributed by atoms with Gasteiger partial charge in [-0.2, -0.15) is 0 Å². The van der Waals surface area contributed by atoms with Crippen molar-refractivity contribution in [3.8, 4) is 11.5 Å². The monoisotopic (exact) mass is 330 g/mol. The second-order valence-corrected chi connectivity index (χ2v) is 7.34. The Morgan fingerprint density at radius 1 is 1.09 bits per heavy atom. The van der Waals surface area contributed by atoms with Crippen molar-refractivity contribution >= 4 is 22.7 Å². The van der Waals surface area contributed by atoms with E-state index < -0.39 is 0 Å². The van der Waals surface area contributed by atoms with E-state index >= 15 is 0 Å². The molecular weight excluding hydrogens is 308 g/mol. The molecule has 0 spiro atoms. The van der Waals surface area contributed by atoms with Gasteiger partial charge in [-0.1, -0.05) is 6.42 Å². The van der Waals surface area contributed by atoms with E-state index in [1.807, 2.05) is 23.9 Å². The highest BCUT2D eigenvalue weighted by atomic mass is 32.2. The van der Waals surface area contributed by atoms with Crippen molar-refractivity contribution in [2.24, 2.45) is 0 Å². The van der Waals surface area contributed by atoms with Crippen LogP contribution in [0.25, 0.3) is 10.9 Å². The van der Waals surface area contributed by atoms with E-state index in [2.05, 4.69) is 17.9 Å². The zero-order chi connectivity index (χ0) is 15.6. The van der Waals surface area contributed by atoms with Crippen LogP contribution in [0.3, 0.4) is 0 Å². The van der Waals surface area contributed by atoms with Crippen LogP contribution in [0.5, 0.6) is 11.5 Å². The van der Waals surface area contributed by atoms with Crippen molar-refractivity contribution in [2.45, 2.75) is 31.2 Å². The Bertz CT molecular complexity index is 714. The first-order valence-electron chi connectivity index (χ1n) is 8.36. The Hall–Kier alpha value is -1.46. The summed E-state index contributed by atoms with van der Waals surface area (Å²) < 4.78 is 10.9. The number of benzene rings is 1. The van der Waals surface area contributed by atoms with Crippen LogP contribution in [-0.2, 0) is 0 Å². The number of ether oxygens (including phenoxy) is 2. The molecule has 0 unspecified atom stereocenters. The summed E-state index contributed by atoms with van der Waals surface area (Å²) in [5.41, 5.74) is 2.22. The molecule has 4 nitrogen and oxygen atoms in total. The Morgan fingerprint density at radius 3 is 2.70 bits per heavy atom. The van der Waals surface area contributed by atoms with Crippen molar-refractivity contribution in [3.05, 3.63) is 23.8 Å². The number of nitrogens with zero attached hydrogens (tertiary/aromatic N) is 2. The summed E-state index contributed by atoms with van der Waals surface area (Å²) in [6.07, 6.45) is 4.10. The number of pyridine rings is 1. The van der Waals surface area contributed by atoms with Gasteiger partial charge < -0.3 is 14.4 Å². The first-order chi connectivity index (χ1) is 11.3. The van der Waals surface area contributed by atoms with Crippen molar-refractivity contribution in [2.75, 3.05) is 32.2 Å². The molecule has 0 bridgehead atoms. The lowest BCUT2D eigenvalue weighted by atomic mass is 10.1. The molecule has 122 valence electrons. The van der Waals surface area contributed by atoms with E-state index in [-0.39, 0.29) is 0 Å². The molecular formula is C18H22N2O2S. The van der Waals surface area contributed by atoms with Crippen molar-refractivity contribution in [3.63, 3.8) is 0 Å². The number of rotatable bonds is 4. The molecule has 1 saturated heterocycles. The predicted molar refractivity (Wildman–Crippen MR) is 93.6 cm³/mol. The molecule has 1 fully saturated rings. The summed E-state index contributed by atoms with van der Waals surface area (Å²) in [6, 6.07) is 6.22. The topological polar surface area (TPSA) is 34.6 Å². The molecule has 0 amide bonds. The summed E-state index contributed by atoms with van der Waals surface area (Å²) in [5, 5.41) is 2.25. The quantitative estimate of drug-likeness (QED) is 0.796. The molecule has 0 saturated carbocycles. The first-order valence-corrected chi connectivity index (χ1v) is 9.34. The molecule has 2 aromatic rings. The Balaban J connectivity index is 1.48. The predicted octanol–water partition coefficient (Wildman–Crippen LogP) is 3.85. The molecule has 1 aromatic heterocycles. The third-order valence-electron chi connectivity index (χ3n) is 4.55. The summed E-state index contributed by atoms with van der Waals surface area (Å²) in [4.78, 5) is 7.42.